The van der Waals surface area contributed by atoms with Crippen LogP contribution in [0.2, 0.25) is 0 Å². The van der Waals surface area contributed by atoms with E-state index < -0.39 is 0 Å². The van der Waals surface area contributed by atoms with Gasteiger partial charge in [0.2, 0.25) is 0 Å². The fourth-order valence-electron chi connectivity index (χ4n) is 1.63. The summed E-state index contributed by atoms with van der Waals surface area (Å²) in [6.45, 7) is 0.646. The number of hydrogen-bond acceptors (Lipinski definition) is 5. The smallest absolute Gasteiger partial charge is 0.143 e. The van der Waals surface area contributed by atoms with Gasteiger partial charge >= 0.3 is 0 Å². The average molecular weight is 261 g/mol. The SMILES string of the molecule is NCCc1nc(-c2nc3ccccc3s2)cs1. The summed E-state index contributed by atoms with van der Waals surface area (Å²) in [5.74, 6) is 0. The van der Waals surface area contributed by atoms with Crippen LogP contribution in [0.15, 0.2) is 29.6 Å². The normalized spacial score (nSPS) is 11.1. The van der Waals surface area contributed by atoms with E-state index >= 15 is 0 Å². The Kier molecular flexibility index (Phi) is 2.88. The van der Waals surface area contributed by atoms with Crippen molar-refractivity contribution >= 4 is 32.9 Å². The van der Waals surface area contributed by atoms with Gasteiger partial charge in [-0.05, 0) is 18.7 Å². The molecule has 86 valence electrons. The minimum Gasteiger partial charge on any atom is -0.330 e. The highest BCUT2D eigenvalue weighted by Gasteiger charge is 2.09. The van der Waals surface area contributed by atoms with Crippen molar-refractivity contribution in [1.29, 1.82) is 0 Å². The second-order valence-corrected chi connectivity index (χ2v) is 5.63. The van der Waals surface area contributed by atoms with Crippen LogP contribution in [0.3, 0.4) is 0 Å². The molecule has 0 atom stereocenters. The molecule has 0 spiro atoms. The van der Waals surface area contributed by atoms with E-state index in [-0.39, 0.29) is 0 Å². The van der Waals surface area contributed by atoms with Gasteiger partial charge in [-0.1, -0.05) is 12.1 Å². The highest BCUT2D eigenvalue weighted by atomic mass is 32.1. The van der Waals surface area contributed by atoms with E-state index in [1.165, 1.54) is 4.70 Å². The van der Waals surface area contributed by atoms with Gasteiger partial charge in [0.15, 0.2) is 0 Å². The van der Waals surface area contributed by atoms with E-state index in [0.717, 1.165) is 27.6 Å². The second kappa shape index (κ2) is 4.52. The first kappa shape index (κ1) is 10.8. The molecule has 3 aromatic rings. The Balaban J connectivity index is 2.01. The first-order valence-electron chi connectivity index (χ1n) is 5.37. The third kappa shape index (κ3) is 2.09. The Hall–Kier alpha value is -1.30. The molecule has 17 heavy (non-hydrogen) atoms. The number of benzene rings is 1. The van der Waals surface area contributed by atoms with Gasteiger partial charge in [0.05, 0.1) is 15.2 Å². The summed E-state index contributed by atoms with van der Waals surface area (Å²) in [5.41, 5.74) is 7.54. The van der Waals surface area contributed by atoms with Crippen LogP contribution in [-0.2, 0) is 6.42 Å². The number of rotatable bonds is 3. The van der Waals surface area contributed by atoms with E-state index in [4.69, 9.17) is 5.73 Å². The van der Waals surface area contributed by atoms with Gasteiger partial charge in [-0.15, -0.1) is 22.7 Å². The zero-order valence-corrected chi connectivity index (χ0v) is 10.7. The van der Waals surface area contributed by atoms with E-state index in [1.807, 2.05) is 18.2 Å². The summed E-state index contributed by atoms with van der Waals surface area (Å²) in [7, 11) is 0. The molecule has 0 radical (unpaired) electrons. The Morgan fingerprint density at radius 3 is 2.88 bits per heavy atom. The molecular formula is C12H11N3S2. The molecule has 5 heteroatoms. The van der Waals surface area contributed by atoms with Crippen LogP contribution in [0.4, 0.5) is 0 Å². The van der Waals surface area contributed by atoms with Crippen molar-refractivity contribution in [2.24, 2.45) is 5.73 Å². The van der Waals surface area contributed by atoms with Crippen LogP contribution in [0.1, 0.15) is 5.01 Å². The molecule has 3 nitrogen and oxygen atoms in total. The largest absolute Gasteiger partial charge is 0.330 e. The summed E-state index contributed by atoms with van der Waals surface area (Å²) >= 11 is 3.34. The third-order valence-electron chi connectivity index (χ3n) is 2.42. The van der Waals surface area contributed by atoms with Gasteiger partial charge in [-0.3, -0.25) is 0 Å². The maximum Gasteiger partial charge on any atom is 0.143 e. The Morgan fingerprint density at radius 1 is 1.18 bits per heavy atom. The van der Waals surface area contributed by atoms with Crippen molar-refractivity contribution < 1.29 is 0 Å². The molecule has 0 fully saturated rings. The summed E-state index contributed by atoms with van der Waals surface area (Å²) in [5, 5.41) is 4.13. The van der Waals surface area contributed by atoms with E-state index in [1.54, 1.807) is 22.7 Å². The van der Waals surface area contributed by atoms with Crippen molar-refractivity contribution in [1.82, 2.24) is 9.97 Å². The zero-order chi connectivity index (χ0) is 11.7. The maximum absolute atomic E-state index is 5.52. The van der Waals surface area contributed by atoms with Crippen LogP contribution < -0.4 is 5.73 Å². The number of fused-ring (bicyclic) bond motifs is 1. The van der Waals surface area contributed by atoms with Crippen LogP contribution in [-0.4, -0.2) is 16.5 Å². The lowest BCUT2D eigenvalue weighted by Gasteiger charge is -1.88. The molecule has 0 amide bonds. The monoisotopic (exact) mass is 261 g/mol. The van der Waals surface area contributed by atoms with Gasteiger partial charge in [-0.25, -0.2) is 9.97 Å². The van der Waals surface area contributed by atoms with Gasteiger partial charge in [0, 0.05) is 11.8 Å². The van der Waals surface area contributed by atoms with Crippen LogP contribution in [0, 0.1) is 0 Å². The average Bonchev–Trinajstić information content (AvgIpc) is 2.94. The quantitative estimate of drug-likeness (QED) is 0.788. The van der Waals surface area contributed by atoms with Gasteiger partial charge in [-0.2, -0.15) is 0 Å². The minimum absolute atomic E-state index is 0.646. The summed E-state index contributed by atoms with van der Waals surface area (Å²) in [6, 6.07) is 8.16. The number of thiazole rings is 2. The van der Waals surface area contributed by atoms with Gasteiger partial charge in [0.1, 0.15) is 10.7 Å². The molecule has 2 N–H and O–H groups in total. The fraction of sp³-hybridized carbons (Fsp3) is 0.167. The van der Waals surface area contributed by atoms with Crippen molar-refractivity contribution in [2.75, 3.05) is 6.54 Å². The van der Waals surface area contributed by atoms with Gasteiger partial charge < -0.3 is 5.73 Å². The number of aromatic nitrogens is 2. The topological polar surface area (TPSA) is 51.8 Å². The molecule has 0 unspecified atom stereocenters. The Labute approximate surface area is 107 Å². The zero-order valence-electron chi connectivity index (χ0n) is 9.09. The van der Waals surface area contributed by atoms with Gasteiger partial charge in [0.25, 0.3) is 0 Å². The van der Waals surface area contributed by atoms with E-state index in [0.29, 0.717) is 6.54 Å². The maximum atomic E-state index is 5.52. The van der Waals surface area contributed by atoms with E-state index in [9.17, 15) is 0 Å². The number of hydrogen-bond donors (Lipinski definition) is 1. The molecule has 1 aromatic carbocycles. The van der Waals surface area contributed by atoms with Crippen molar-refractivity contribution in [2.45, 2.75) is 6.42 Å². The molecule has 0 aliphatic rings. The van der Waals surface area contributed by atoms with Crippen LogP contribution in [0.25, 0.3) is 20.9 Å². The predicted octanol–water partition coefficient (Wildman–Crippen LogP) is 2.92. The summed E-state index contributed by atoms with van der Waals surface area (Å²) < 4.78 is 1.20. The summed E-state index contributed by atoms with van der Waals surface area (Å²) in [4.78, 5) is 9.14. The first-order valence-corrected chi connectivity index (χ1v) is 7.07. The fourth-order valence-corrected chi connectivity index (χ4v) is 3.43. The molecule has 0 aliphatic heterocycles. The third-order valence-corrected chi connectivity index (χ3v) is 4.39. The minimum atomic E-state index is 0.646. The first-order chi connectivity index (χ1) is 8.36. The molecular weight excluding hydrogens is 250 g/mol. The molecule has 3 rings (SSSR count). The van der Waals surface area contributed by atoms with Crippen LogP contribution in [0.5, 0.6) is 0 Å². The van der Waals surface area contributed by atoms with Crippen molar-refractivity contribution in [3.63, 3.8) is 0 Å². The molecule has 0 saturated carbocycles. The molecule has 0 aliphatic carbocycles. The predicted molar refractivity (Wildman–Crippen MR) is 73.5 cm³/mol. The Bertz CT molecular complexity index is 609. The molecule has 2 heterocycles. The van der Waals surface area contributed by atoms with Crippen molar-refractivity contribution in [3.05, 3.63) is 34.7 Å². The summed E-state index contributed by atoms with van der Waals surface area (Å²) in [6.07, 6.45) is 0.843. The number of nitrogens with two attached hydrogens (primary N) is 1. The molecule has 0 saturated heterocycles. The standard InChI is InChI=1S/C12H11N3S2/c13-6-5-11-14-9(7-16-11)12-15-8-3-1-2-4-10(8)17-12/h1-4,7H,5-6,13H2. The second-order valence-electron chi connectivity index (χ2n) is 3.65. The number of para-hydroxylation sites is 1. The molecule has 2 aromatic heterocycles. The lowest BCUT2D eigenvalue weighted by atomic mass is 10.3. The van der Waals surface area contributed by atoms with Crippen LogP contribution >= 0.6 is 22.7 Å². The van der Waals surface area contributed by atoms with Crippen molar-refractivity contribution in [3.8, 4) is 10.7 Å². The number of nitrogens with zero attached hydrogens (tertiary/aromatic N) is 2. The highest BCUT2D eigenvalue weighted by molar-refractivity contribution is 7.21. The van der Waals surface area contributed by atoms with E-state index in [2.05, 4.69) is 21.4 Å². The highest BCUT2D eigenvalue weighted by Crippen LogP contribution is 2.30. The Morgan fingerprint density at radius 2 is 2.06 bits per heavy atom. The molecule has 0 bridgehead atoms. The lowest BCUT2D eigenvalue weighted by Crippen LogP contribution is -2.01. The lowest BCUT2D eigenvalue weighted by molar-refractivity contribution is 0.954.